The number of hydrogen-bond donors (Lipinski definition) is 2. The third-order valence-electron chi connectivity index (χ3n) is 7.35. The third kappa shape index (κ3) is 3.13. The van der Waals surface area contributed by atoms with E-state index in [1.54, 1.807) is 4.90 Å². The molecule has 4 aliphatic carbocycles. The van der Waals surface area contributed by atoms with Crippen LogP contribution in [0, 0.1) is 23.2 Å². The van der Waals surface area contributed by atoms with Crippen LogP contribution in [-0.4, -0.2) is 36.1 Å². The van der Waals surface area contributed by atoms with Gasteiger partial charge in [0.2, 0.25) is 5.91 Å². The van der Waals surface area contributed by atoms with Gasteiger partial charge in [0, 0.05) is 24.5 Å². The summed E-state index contributed by atoms with van der Waals surface area (Å²) in [5.74, 6) is 2.73. The highest BCUT2D eigenvalue weighted by molar-refractivity contribution is 7.14. The van der Waals surface area contributed by atoms with Crippen molar-refractivity contribution in [2.24, 2.45) is 23.2 Å². The fraction of sp³-hybridized carbons (Fsp3) is 0.750. The highest BCUT2D eigenvalue weighted by Gasteiger charge is 2.53. The molecule has 6 nitrogen and oxygen atoms in total. The van der Waals surface area contributed by atoms with Gasteiger partial charge in [0.1, 0.15) is 0 Å². The molecule has 1 saturated heterocycles. The molecule has 1 atom stereocenters. The molecule has 0 aromatic carbocycles. The van der Waals surface area contributed by atoms with E-state index < -0.39 is 0 Å². The summed E-state index contributed by atoms with van der Waals surface area (Å²) in [6.45, 7) is 3.50. The van der Waals surface area contributed by atoms with E-state index >= 15 is 0 Å². The average molecular weight is 389 g/mol. The Bertz CT molecular complexity index is 726. The summed E-state index contributed by atoms with van der Waals surface area (Å²) >= 11 is 1.43. The second-order valence-corrected chi connectivity index (χ2v) is 10.1. The summed E-state index contributed by atoms with van der Waals surface area (Å²) in [7, 11) is 0. The smallest absolute Gasteiger partial charge is 0.323 e. The summed E-state index contributed by atoms with van der Waals surface area (Å²) in [6, 6.07) is 0.136. The largest absolute Gasteiger partial charge is 0.353 e. The van der Waals surface area contributed by atoms with Crippen LogP contribution in [0.25, 0.3) is 0 Å². The molecule has 4 bridgehead atoms. The zero-order chi connectivity index (χ0) is 18.6. The molecule has 2 heterocycles. The van der Waals surface area contributed by atoms with Crippen LogP contribution in [0.3, 0.4) is 0 Å². The quantitative estimate of drug-likeness (QED) is 0.814. The van der Waals surface area contributed by atoms with Crippen molar-refractivity contribution >= 4 is 28.4 Å². The molecule has 7 heteroatoms. The Labute approximate surface area is 164 Å². The van der Waals surface area contributed by atoms with Gasteiger partial charge in [0.05, 0.1) is 12.1 Å². The lowest BCUT2D eigenvalue weighted by molar-refractivity contribution is -0.125. The lowest BCUT2D eigenvalue weighted by Gasteiger charge is -2.59. The third-order valence-corrected chi connectivity index (χ3v) is 8.26. The van der Waals surface area contributed by atoms with Crippen molar-refractivity contribution in [1.82, 2.24) is 15.6 Å². The fourth-order valence-electron chi connectivity index (χ4n) is 6.47. The van der Waals surface area contributed by atoms with E-state index in [0.717, 1.165) is 23.4 Å². The summed E-state index contributed by atoms with van der Waals surface area (Å²) in [6.07, 6.45) is 8.45. The minimum atomic E-state index is -0.101. The van der Waals surface area contributed by atoms with Gasteiger partial charge >= 0.3 is 6.03 Å². The number of aromatic nitrogens is 1. The molecule has 1 aliphatic heterocycles. The van der Waals surface area contributed by atoms with Crippen LogP contribution in [-0.2, 0) is 11.2 Å². The van der Waals surface area contributed by atoms with E-state index in [9.17, 15) is 9.59 Å². The molecule has 2 N–H and O–H groups in total. The topological polar surface area (TPSA) is 74.3 Å². The zero-order valence-electron chi connectivity index (χ0n) is 15.9. The second-order valence-electron chi connectivity index (χ2n) is 9.25. The van der Waals surface area contributed by atoms with Gasteiger partial charge in [-0.1, -0.05) is 0 Å². The Morgan fingerprint density at radius 3 is 2.59 bits per heavy atom. The number of rotatable bonds is 5. The highest BCUT2D eigenvalue weighted by Crippen LogP contribution is 2.61. The maximum Gasteiger partial charge on any atom is 0.323 e. The first kappa shape index (κ1) is 17.5. The molecule has 6 rings (SSSR count). The van der Waals surface area contributed by atoms with Crippen molar-refractivity contribution in [3.63, 3.8) is 0 Å². The van der Waals surface area contributed by atoms with Crippen LogP contribution >= 0.6 is 11.3 Å². The molecule has 5 aliphatic rings. The Hall–Kier alpha value is -1.63. The number of urea groups is 1. The maximum atomic E-state index is 12.7. The number of hydrogen-bond acceptors (Lipinski definition) is 4. The van der Waals surface area contributed by atoms with Gasteiger partial charge in [0.25, 0.3) is 0 Å². The van der Waals surface area contributed by atoms with Crippen molar-refractivity contribution in [2.75, 3.05) is 18.0 Å². The Morgan fingerprint density at radius 1 is 1.33 bits per heavy atom. The molecule has 27 heavy (non-hydrogen) atoms. The zero-order valence-corrected chi connectivity index (χ0v) is 16.7. The van der Waals surface area contributed by atoms with Gasteiger partial charge in [-0.3, -0.25) is 9.69 Å². The summed E-state index contributed by atoms with van der Waals surface area (Å²) in [5, 5.41) is 8.67. The minimum Gasteiger partial charge on any atom is -0.353 e. The van der Waals surface area contributed by atoms with Gasteiger partial charge in [0.15, 0.2) is 5.13 Å². The van der Waals surface area contributed by atoms with E-state index in [1.807, 2.05) is 5.38 Å². The number of anilines is 1. The summed E-state index contributed by atoms with van der Waals surface area (Å²) in [4.78, 5) is 30.6. The number of nitrogens with zero attached hydrogens (tertiary/aromatic N) is 2. The van der Waals surface area contributed by atoms with Gasteiger partial charge in [-0.05, 0) is 68.6 Å². The van der Waals surface area contributed by atoms with Crippen LogP contribution in [0.15, 0.2) is 5.38 Å². The molecule has 1 aromatic rings. The predicted octanol–water partition coefficient (Wildman–Crippen LogP) is 2.94. The van der Waals surface area contributed by atoms with Crippen molar-refractivity contribution in [2.45, 2.75) is 57.9 Å². The molecule has 1 aromatic heterocycles. The monoisotopic (exact) mass is 388 g/mol. The van der Waals surface area contributed by atoms with Crippen LogP contribution in [0.5, 0.6) is 0 Å². The molecular formula is C20H28N4O2S. The molecule has 5 fully saturated rings. The molecule has 0 spiro atoms. The van der Waals surface area contributed by atoms with Crippen molar-refractivity contribution < 1.29 is 9.59 Å². The van der Waals surface area contributed by atoms with Crippen molar-refractivity contribution in [1.29, 1.82) is 0 Å². The minimum absolute atomic E-state index is 0.0565. The number of carbonyl (C=O) groups is 2. The normalized spacial score (nSPS) is 35.4. The van der Waals surface area contributed by atoms with E-state index in [1.165, 1.54) is 49.9 Å². The molecule has 3 amide bonds. The molecule has 4 saturated carbocycles. The van der Waals surface area contributed by atoms with E-state index in [4.69, 9.17) is 0 Å². The van der Waals surface area contributed by atoms with Gasteiger partial charge in [-0.25, -0.2) is 9.78 Å². The van der Waals surface area contributed by atoms with Crippen LogP contribution in [0.2, 0.25) is 0 Å². The lowest BCUT2D eigenvalue weighted by Crippen LogP contribution is -2.56. The summed E-state index contributed by atoms with van der Waals surface area (Å²) < 4.78 is 0. The molecule has 0 radical (unpaired) electrons. The number of thiazole rings is 1. The molecule has 1 unspecified atom stereocenters. The molecular weight excluding hydrogens is 360 g/mol. The molecule has 146 valence electrons. The highest BCUT2D eigenvalue weighted by atomic mass is 32.1. The second kappa shape index (κ2) is 6.47. The first-order valence-electron chi connectivity index (χ1n) is 10.3. The Morgan fingerprint density at radius 2 is 2.00 bits per heavy atom. The maximum absolute atomic E-state index is 12.7. The van der Waals surface area contributed by atoms with Gasteiger partial charge < -0.3 is 10.6 Å². The first-order chi connectivity index (χ1) is 13.0. The fourth-order valence-corrected chi connectivity index (χ4v) is 7.32. The lowest BCUT2D eigenvalue weighted by atomic mass is 9.48. The SMILES string of the molecule is CC(NC(=O)Cc1csc(N2CCNC2=O)n1)C12CC3CC(CC(C3)C1)C2. The van der Waals surface area contributed by atoms with Crippen molar-refractivity contribution in [3.05, 3.63) is 11.1 Å². The number of carbonyl (C=O) groups excluding carboxylic acids is 2. The van der Waals surface area contributed by atoms with Gasteiger partial charge in [-0.2, -0.15) is 0 Å². The van der Waals surface area contributed by atoms with E-state index in [2.05, 4.69) is 22.5 Å². The first-order valence-corrected chi connectivity index (χ1v) is 11.2. The van der Waals surface area contributed by atoms with Crippen LogP contribution in [0.1, 0.15) is 51.1 Å². The Kier molecular flexibility index (Phi) is 4.18. The number of nitrogens with one attached hydrogen (secondary N) is 2. The number of amides is 3. The summed E-state index contributed by atoms with van der Waals surface area (Å²) in [5.41, 5.74) is 1.08. The standard InChI is InChI=1S/C20H28N4O2S/c1-12(20-8-13-4-14(9-20)6-15(5-13)10-20)22-17(25)7-16-11-27-19(23-16)24-3-2-21-18(24)26/h11-15H,2-10H2,1H3,(H,21,26)(H,22,25). The Balaban J connectivity index is 1.21. The van der Waals surface area contributed by atoms with Gasteiger partial charge in [-0.15, -0.1) is 11.3 Å². The van der Waals surface area contributed by atoms with Crippen molar-refractivity contribution in [3.8, 4) is 0 Å². The average Bonchev–Trinajstić information content (AvgIpc) is 3.22. The predicted molar refractivity (Wildman–Crippen MR) is 105 cm³/mol. The van der Waals surface area contributed by atoms with E-state index in [0.29, 0.717) is 30.1 Å². The van der Waals surface area contributed by atoms with Crippen LogP contribution < -0.4 is 15.5 Å². The van der Waals surface area contributed by atoms with Crippen LogP contribution in [0.4, 0.5) is 9.93 Å². The van der Waals surface area contributed by atoms with E-state index in [-0.39, 0.29) is 18.0 Å².